The van der Waals surface area contributed by atoms with Crippen LogP contribution in [0, 0.1) is 0 Å². The Kier molecular flexibility index (Phi) is 7.42. The Bertz CT molecular complexity index is 974. The van der Waals surface area contributed by atoms with Crippen molar-refractivity contribution in [2.75, 3.05) is 39.8 Å². The van der Waals surface area contributed by atoms with Crippen LogP contribution < -0.4 is 0 Å². The van der Waals surface area contributed by atoms with Gasteiger partial charge < -0.3 is 4.90 Å². The second kappa shape index (κ2) is 9.66. The molecule has 1 fully saturated rings. The van der Waals surface area contributed by atoms with E-state index >= 15 is 0 Å². The minimum atomic E-state index is -3.79. The molecule has 0 N–H and O–H groups in total. The highest BCUT2D eigenvalue weighted by Gasteiger charge is 2.32. The van der Waals surface area contributed by atoms with E-state index in [0.717, 1.165) is 5.56 Å². The van der Waals surface area contributed by atoms with Gasteiger partial charge >= 0.3 is 0 Å². The molecular formula is C21H25Cl2N3O3S. The Balaban J connectivity index is 1.60. The summed E-state index contributed by atoms with van der Waals surface area (Å²) in [5, 5.41) is 0.216. The molecule has 0 radical (unpaired) electrons. The van der Waals surface area contributed by atoms with Crippen molar-refractivity contribution in [3.05, 3.63) is 64.1 Å². The van der Waals surface area contributed by atoms with E-state index in [4.69, 9.17) is 23.2 Å². The summed E-state index contributed by atoms with van der Waals surface area (Å²) in [4.78, 5) is 16.4. The van der Waals surface area contributed by atoms with Crippen LogP contribution in [0.5, 0.6) is 0 Å². The summed E-state index contributed by atoms with van der Waals surface area (Å²) in [6.45, 7) is 3.70. The highest BCUT2D eigenvalue weighted by Crippen LogP contribution is 2.31. The lowest BCUT2D eigenvalue weighted by Gasteiger charge is -2.35. The van der Waals surface area contributed by atoms with E-state index in [1.54, 1.807) is 18.0 Å². The van der Waals surface area contributed by atoms with E-state index in [9.17, 15) is 13.2 Å². The quantitative estimate of drug-likeness (QED) is 0.649. The molecule has 0 aliphatic carbocycles. The maximum absolute atomic E-state index is 13.0. The molecule has 162 valence electrons. The Morgan fingerprint density at radius 3 is 2.13 bits per heavy atom. The van der Waals surface area contributed by atoms with Crippen LogP contribution in [0.4, 0.5) is 0 Å². The second-order valence-electron chi connectivity index (χ2n) is 7.32. The molecule has 1 unspecified atom stereocenters. The molecule has 0 aromatic heterocycles. The number of carbonyl (C=O) groups is 1. The van der Waals surface area contributed by atoms with E-state index in [0.29, 0.717) is 13.1 Å². The molecule has 2 aromatic carbocycles. The number of likely N-dealkylation sites (N-methyl/N-ethyl adjacent to an activating group) is 1. The number of carbonyl (C=O) groups excluding carboxylic acids is 1. The van der Waals surface area contributed by atoms with Gasteiger partial charge in [0.2, 0.25) is 15.9 Å². The number of sulfonamides is 1. The number of rotatable bonds is 6. The second-order valence-corrected chi connectivity index (χ2v) is 10.0. The number of nitrogens with zero attached hydrogens (tertiary/aromatic N) is 3. The summed E-state index contributed by atoms with van der Waals surface area (Å²) in [5.74, 6) is -0.00296. The SMILES string of the molecule is CC(c1ccccc1)N(C)C(=O)CN1CCN(S(=O)(=O)c2c(Cl)cccc2Cl)CC1. The van der Waals surface area contributed by atoms with Crippen molar-refractivity contribution >= 4 is 39.1 Å². The van der Waals surface area contributed by atoms with Gasteiger partial charge in [-0.15, -0.1) is 0 Å². The van der Waals surface area contributed by atoms with Gasteiger partial charge in [-0.3, -0.25) is 9.69 Å². The standard InChI is InChI=1S/C21H25Cl2N3O3S/c1-16(17-7-4-3-5-8-17)24(2)20(27)15-25-11-13-26(14-12-25)30(28,29)21-18(22)9-6-10-19(21)23/h3-10,16H,11-15H2,1-2H3. The molecule has 1 amide bonds. The predicted molar refractivity (Wildman–Crippen MR) is 119 cm³/mol. The third kappa shape index (κ3) is 4.98. The zero-order valence-electron chi connectivity index (χ0n) is 17.0. The minimum Gasteiger partial charge on any atom is -0.338 e. The van der Waals surface area contributed by atoms with Gasteiger partial charge in [0.05, 0.1) is 22.6 Å². The molecule has 6 nitrogen and oxygen atoms in total. The number of piperazine rings is 1. The van der Waals surface area contributed by atoms with E-state index in [2.05, 4.69) is 0 Å². The molecule has 1 atom stereocenters. The predicted octanol–water partition coefficient (Wildman–Crippen LogP) is 3.52. The number of amides is 1. The summed E-state index contributed by atoms with van der Waals surface area (Å²) >= 11 is 12.2. The Morgan fingerprint density at radius 2 is 1.57 bits per heavy atom. The maximum atomic E-state index is 13.0. The first-order valence-electron chi connectivity index (χ1n) is 9.69. The molecule has 0 bridgehead atoms. The van der Waals surface area contributed by atoms with E-state index in [-0.39, 0.29) is 46.5 Å². The first-order valence-corrected chi connectivity index (χ1v) is 11.9. The zero-order chi connectivity index (χ0) is 21.9. The topological polar surface area (TPSA) is 60.9 Å². The van der Waals surface area contributed by atoms with Crippen LogP contribution in [0.3, 0.4) is 0 Å². The monoisotopic (exact) mass is 469 g/mol. The zero-order valence-corrected chi connectivity index (χ0v) is 19.3. The lowest BCUT2D eigenvalue weighted by Crippen LogP contribution is -2.51. The molecule has 1 heterocycles. The van der Waals surface area contributed by atoms with E-state index < -0.39 is 10.0 Å². The van der Waals surface area contributed by atoms with Gasteiger partial charge in [0.1, 0.15) is 4.90 Å². The third-order valence-corrected chi connectivity index (χ3v) is 8.32. The molecule has 0 saturated carbocycles. The summed E-state index contributed by atoms with van der Waals surface area (Å²) in [6.07, 6.45) is 0. The summed E-state index contributed by atoms with van der Waals surface area (Å²) in [6, 6.07) is 14.4. The molecule has 1 saturated heterocycles. The van der Waals surface area contributed by atoms with Crippen molar-refractivity contribution in [2.45, 2.75) is 17.9 Å². The smallest absolute Gasteiger partial charge is 0.246 e. The van der Waals surface area contributed by atoms with Crippen molar-refractivity contribution in [3.63, 3.8) is 0 Å². The van der Waals surface area contributed by atoms with Crippen molar-refractivity contribution < 1.29 is 13.2 Å². The molecule has 30 heavy (non-hydrogen) atoms. The van der Waals surface area contributed by atoms with Gasteiger partial charge in [-0.2, -0.15) is 4.31 Å². The fraction of sp³-hybridized carbons (Fsp3) is 0.381. The van der Waals surface area contributed by atoms with Gasteiger partial charge in [0, 0.05) is 33.2 Å². The molecule has 2 aromatic rings. The third-order valence-electron chi connectivity index (χ3n) is 5.46. The largest absolute Gasteiger partial charge is 0.338 e. The van der Waals surface area contributed by atoms with Gasteiger partial charge in [-0.05, 0) is 24.6 Å². The first-order chi connectivity index (χ1) is 14.2. The van der Waals surface area contributed by atoms with Crippen LogP contribution in [-0.4, -0.2) is 68.2 Å². The van der Waals surface area contributed by atoms with Crippen LogP contribution in [0.1, 0.15) is 18.5 Å². The maximum Gasteiger partial charge on any atom is 0.246 e. The molecule has 3 rings (SSSR count). The summed E-state index contributed by atoms with van der Waals surface area (Å²) in [7, 11) is -2.00. The molecule has 9 heteroatoms. The van der Waals surface area contributed by atoms with Crippen LogP contribution in [0.25, 0.3) is 0 Å². The van der Waals surface area contributed by atoms with Crippen molar-refractivity contribution in [2.24, 2.45) is 0 Å². The van der Waals surface area contributed by atoms with E-state index in [1.807, 2.05) is 42.2 Å². The average Bonchev–Trinajstić information content (AvgIpc) is 2.73. The Hall–Kier alpha value is -1.64. The van der Waals surface area contributed by atoms with Gasteiger partial charge in [-0.25, -0.2) is 8.42 Å². The Morgan fingerprint density at radius 1 is 1.00 bits per heavy atom. The van der Waals surface area contributed by atoms with Gasteiger partial charge in [0.25, 0.3) is 0 Å². The number of halogens is 2. The van der Waals surface area contributed by atoms with Gasteiger partial charge in [-0.1, -0.05) is 59.6 Å². The molecule has 0 spiro atoms. The molecular weight excluding hydrogens is 445 g/mol. The molecule has 1 aliphatic rings. The highest BCUT2D eigenvalue weighted by atomic mass is 35.5. The number of hydrogen-bond donors (Lipinski definition) is 0. The first kappa shape index (κ1) is 23.0. The summed E-state index contributed by atoms with van der Waals surface area (Å²) < 4.78 is 27.3. The summed E-state index contributed by atoms with van der Waals surface area (Å²) in [5.41, 5.74) is 1.07. The van der Waals surface area contributed by atoms with Crippen molar-refractivity contribution in [1.82, 2.24) is 14.1 Å². The number of benzene rings is 2. The average molecular weight is 470 g/mol. The Labute approximate surface area is 188 Å². The lowest BCUT2D eigenvalue weighted by atomic mass is 10.1. The highest BCUT2D eigenvalue weighted by molar-refractivity contribution is 7.89. The lowest BCUT2D eigenvalue weighted by molar-refractivity contribution is -0.133. The van der Waals surface area contributed by atoms with Crippen LogP contribution in [-0.2, 0) is 14.8 Å². The normalized spacial score (nSPS) is 16.9. The minimum absolute atomic E-state index is 0.00296. The molecule has 1 aliphatic heterocycles. The van der Waals surface area contributed by atoms with Crippen LogP contribution >= 0.6 is 23.2 Å². The van der Waals surface area contributed by atoms with Gasteiger partial charge in [0.15, 0.2) is 0 Å². The van der Waals surface area contributed by atoms with Crippen LogP contribution in [0.2, 0.25) is 10.0 Å². The fourth-order valence-electron chi connectivity index (χ4n) is 3.46. The number of hydrogen-bond acceptors (Lipinski definition) is 4. The van der Waals surface area contributed by atoms with Crippen molar-refractivity contribution in [1.29, 1.82) is 0 Å². The van der Waals surface area contributed by atoms with Crippen molar-refractivity contribution in [3.8, 4) is 0 Å². The fourth-order valence-corrected chi connectivity index (χ4v) is 5.97. The van der Waals surface area contributed by atoms with E-state index in [1.165, 1.54) is 16.4 Å². The van der Waals surface area contributed by atoms with Crippen LogP contribution in [0.15, 0.2) is 53.4 Å².